The normalized spacial score (nSPS) is 12.6. The maximum atomic E-state index is 2.59. The van der Waals surface area contributed by atoms with Gasteiger partial charge >= 0.3 is 0 Å². The molecule has 0 fully saturated rings. The van der Waals surface area contributed by atoms with Crippen molar-refractivity contribution in [1.29, 1.82) is 0 Å². The zero-order valence-corrected chi connectivity index (χ0v) is 30.5. The molecule has 0 aliphatic carbocycles. The number of hydrogen-bond acceptors (Lipinski definition) is 1. The first-order valence-electron chi connectivity index (χ1n) is 19.4. The Labute approximate surface area is 325 Å². The van der Waals surface area contributed by atoms with Gasteiger partial charge in [0.25, 0.3) is 6.71 Å². The van der Waals surface area contributed by atoms with Crippen LogP contribution in [0, 0.1) is 0 Å². The second-order valence-electron chi connectivity index (χ2n) is 14.8. The zero-order chi connectivity index (χ0) is 36.7. The predicted octanol–water partition coefficient (Wildman–Crippen LogP) is 11.3. The lowest BCUT2D eigenvalue weighted by atomic mass is 9.38. The highest BCUT2D eigenvalue weighted by Crippen LogP contribution is 2.47. The second kappa shape index (κ2) is 12.1. The van der Waals surface area contributed by atoms with Crippen molar-refractivity contribution in [1.82, 2.24) is 9.13 Å². The minimum absolute atomic E-state index is 0.0945. The van der Waals surface area contributed by atoms with E-state index in [2.05, 4.69) is 220 Å². The Morgan fingerprint density at radius 1 is 0.286 bits per heavy atom. The lowest BCUT2D eigenvalue weighted by Crippen LogP contribution is -2.60. The number of anilines is 3. The molecule has 3 heterocycles. The van der Waals surface area contributed by atoms with Gasteiger partial charge in [-0.25, -0.2) is 0 Å². The van der Waals surface area contributed by atoms with Crippen LogP contribution in [0.2, 0.25) is 0 Å². The molecule has 0 saturated carbocycles. The van der Waals surface area contributed by atoms with E-state index in [-0.39, 0.29) is 6.71 Å². The van der Waals surface area contributed by atoms with E-state index >= 15 is 0 Å². The van der Waals surface area contributed by atoms with E-state index in [1.807, 2.05) is 0 Å². The second-order valence-corrected chi connectivity index (χ2v) is 14.8. The molecule has 9 aromatic carbocycles. The molecule has 4 heteroatoms. The Kier molecular flexibility index (Phi) is 6.72. The lowest BCUT2D eigenvalue weighted by Gasteiger charge is -2.36. The minimum Gasteiger partial charge on any atom is -0.319 e. The van der Waals surface area contributed by atoms with E-state index in [0.717, 1.165) is 17.1 Å². The Hall–Kier alpha value is -7.30. The number of para-hydroxylation sites is 4. The van der Waals surface area contributed by atoms with Crippen molar-refractivity contribution in [2.45, 2.75) is 0 Å². The average molecular weight is 712 g/mol. The van der Waals surface area contributed by atoms with Crippen LogP contribution >= 0.6 is 0 Å². The standard InChI is InChI=1S/C52H34BN3/c1-4-18-35(19-5-1)53-51-49(44-28-14-16-30-47(44)54(51)36-20-6-2-7-21-36)56(50-45-29-15-17-31-48(45)55(52(50)53)37-22-8-3-9-23-37)38-32-33-43-41-26-11-10-24-39(41)40-25-12-13-27-42(40)46(43)34-38/h1-34H. The molecule has 1 aliphatic heterocycles. The summed E-state index contributed by atoms with van der Waals surface area (Å²) in [5, 5.41) is 10.1. The van der Waals surface area contributed by atoms with E-state index in [0.29, 0.717) is 0 Å². The van der Waals surface area contributed by atoms with Gasteiger partial charge in [-0.05, 0) is 80.8 Å². The monoisotopic (exact) mass is 711 g/mol. The van der Waals surface area contributed by atoms with Crippen LogP contribution in [-0.4, -0.2) is 15.8 Å². The van der Waals surface area contributed by atoms with Crippen LogP contribution < -0.4 is 21.5 Å². The predicted molar refractivity (Wildman–Crippen MR) is 238 cm³/mol. The zero-order valence-electron chi connectivity index (χ0n) is 30.5. The van der Waals surface area contributed by atoms with Crippen molar-refractivity contribution in [2.75, 3.05) is 4.90 Å². The van der Waals surface area contributed by atoms with Crippen molar-refractivity contribution >= 4 is 94.5 Å². The molecule has 0 amide bonds. The van der Waals surface area contributed by atoms with Gasteiger partial charge in [-0.2, -0.15) is 0 Å². The molecule has 0 radical (unpaired) electrons. The van der Waals surface area contributed by atoms with E-state index in [1.54, 1.807) is 0 Å². The van der Waals surface area contributed by atoms with Gasteiger partial charge in [0.1, 0.15) is 0 Å². The van der Waals surface area contributed by atoms with E-state index in [4.69, 9.17) is 0 Å². The van der Waals surface area contributed by atoms with Gasteiger partial charge in [0.2, 0.25) is 0 Å². The van der Waals surface area contributed by atoms with Gasteiger partial charge in [-0.1, -0.05) is 163 Å². The highest BCUT2D eigenvalue weighted by Gasteiger charge is 2.44. The molecule has 3 nitrogen and oxygen atoms in total. The Morgan fingerprint density at radius 3 is 1.14 bits per heavy atom. The van der Waals surface area contributed by atoms with Gasteiger partial charge in [-0.3, -0.25) is 0 Å². The maximum Gasteiger partial charge on any atom is 0.289 e. The summed E-state index contributed by atoms with van der Waals surface area (Å²) in [7, 11) is 0. The summed E-state index contributed by atoms with van der Waals surface area (Å²) < 4.78 is 5.05. The molecule has 2 aromatic heterocycles. The number of rotatable bonds is 4. The molecule has 0 saturated heterocycles. The van der Waals surface area contributed by atoms with Crippen molar-refractivity contribution in [3.63, 3.8) is 0 Å². The summed E-state index contributed by atoms with van der Waals surface area (Å²) in [5.41, 5.74) is 12.0. The molecule has 11 aromatic rings. The van der Waals surface area contributed by atoms with Crippen molar-refractivity contribution in [3.8, 4) is 11.4 Å². The van der Waals surface area contributed by atoms with Crippen molar-refractivity contribution in [3.05, 3.63) is 206 Å². The number of benzene rings is 9. The topological polar surface area (TPSA) is 13.1 Å². The Balaban J connectivity index is 1.29. The molecule has 0 unspecified atom stereocenters. The van der Waals surface area contributed by atoms with Crippen LogP contribution in [0.25, 0.3) is 65.5 Å². The summed E-state index contributed by atoms with van der Waals surface area (Å²) in [6.45, 7) is -0.0945. The molecule has 0 spiro atoms. The SMILES string of the molecule is c1ccc(B2c3c(c4ccccc4n3-c3ccccc3)N(c3ccc4c5ccccc5c5ccccc5c4c3)c3c2n(-c2ccccc2)c2ccccc32)cc1. The third-order valence-electron chi connectivity index (χ3n) is 11.9. The maximum absolute atomic E-state index is 2.59. The van der Waals surface area contributed by atoms with Gasteiger partial charge in [0.15, 0.2) is 0 Å². The molecule has 12 rings (SSSR count). The highest BCUT2D eigenvalue weighted by atomic mass is 15.2. The van der Waals surface area contributed by atoms with Crippen LogP contribution in [0.15, 0.2) is 206 Å². The Morgan fingerprint density at radius 2 is 0.661 bits per heavy atom. The molecule has 56 heavy (non-hydrogen) atoms. The molecule has 0 N–H and O–H groups in total. The van der Waals surface area contributed by atoms with Crippen LogP contribution in [0.3, 0.4) is 0 Å². The fraction of sp³-hybridized carbons (Fsp3) is 0. The number of fused-ring (bicyclic) bond motifs is 12. The molecule has 260 valence electrons. The highest BCUT2D eigenvalue weighted by molar-refractivity contribution is 6.98. The lowest BCUT2D eigenvalue weighted by molar-refractivity contribution is 1.13. The summed E-state index contributed by atoms with van der Waals surface area (Å²) in [5.74, 6) is 0. The van der Waals surface area contributed by atoms with Gasteiger partial charge < -0.3 is 14.0 Å². The van der Waals surface area contributed by atoms with Gasteiger partial charge in [-0.15, -0.1) is 0 Å². The van der Waals surface area contributed by atoms with E-state index in [9.17, 15) is 0 Å². The molecular formula is C52H34BN3. The molecule has 0 bridgehead atoms. The van der Waals surface area contributed by atoms with Gasteiger partial charge in [0, 0.05) is 39.0 Å². The minimum atomic E-state index is -0.0945. The van der Waals surface area contributed by atoms with Crippen LogP contribution in [-0.2, 0) is 0 Å². The Bertz CT molecular complexity index is 3150. The van der Waals surface area contributed by atoms with Crippen LogP contribution in [0.4, 0.5) is 17.1 Å². The van der Waals surface area contributed by atoms with Crippen molar-refractivity contribution in [2.24, 2.45) is 0 Å². The smallest absolute Gasteiger partial charge is 0.289 e. The summed E-state index contributed by atoms with van der Waals surface area (Å²) in [4.78, 5) is 2.59. The number of aromatic nitrogens is 2. The number of nitrogens with zero attached hydrogens (tertiary/aromatic N) is 3. The largest absolute Gasteiger partial charge is 0.319 e. The first kappa shape index (κ1) is 31.1. The third kappa shape index (κ3) is 4.35. The van der Waals surface area contributed by atoms with Crippen molar-refractivity contribution < 1.29 is 0 Å². The molecule has 0 atom stereocenters. The van der Waals surface area contributed by atoms with Crippen LogP contribution in [0.5, 0.6) is 0 Å². The van der Waals surface area contributed by atoms with E-state index in [1.165, 1.54) is 82.1 Å². The number of hydrogen-bond donors (Lipinski definition) is 0. The van der Waals surface area contributed by atoms with Gasteiger partial charge in [0.05, 0.1) is 22.4 Å². The average Bonchev–Trinajstić information content (AvgIpc) is 3.80. The summed E-state index contributed by atoms with van der Waals surface area (Å²) in [6.07, 6.45) is 0. The van der Waals surface area contributed by atoms with E-state index < -0.39 is 0 Å². The van der Waals surface area contributed by atoms with Crippen LogP contribution in [0.1, 0.15) is 0 Å². The third-order valence-corrected chi connectivity index (χ3v) is 11.9. The fourth-order valence-electron chi connectivity index (χ4n) is 9.69. The summed E-state index contributed by atoms with van der Waals surface area (Å²) in [6, 6.07) is 75.7. The fourth-order valence-corrected chi connectivity index (χ4v) is 9.69. The first-order chi connectivity index (χ1) is 27.8. The summed E-state index contributed by atoms with van der Waals surface area (Å²) >= 11 is 0. The molecular weight excluding hydrogens is 677 g/mol. The quantitative estimate of drug-likeness (QED) is 0.131. The first-order valence-corrected chi connectivity index (χ1v) is 19.4. The molecule has 1 aliphatic rings.